The van der Waals surface area contributed by atoms with E-state index < -0.39 is 0 Å². The number of anilines is 1. The Morgan fingerprint density at radius 3 is 2.50 bits per heavy atom. The zero-order chi connectivity index (χ0) is 17.8. The second kappa shape index (κ2) is 7.49. The van der Waals surface area contributed by atoms with Crippen LogP contribution in [0.4, 0.5) is 6.01 Å². The van der Waals surface area contributed by atoms with E-state index in [4.69, 9.17) is 4.42 Å². The summed E-state index contributed by atoms with van der Waals surface area (Å²) < 4.78 is 6.88. The van der Waals surface area contributed by atoms with Gasteiger partial charge >= 0.3 is 0 Å². The molecule has 0 aliphatic carbocycles. The number of rotatable bonds is 5. The van der Waals surface area contributed by atoms with Gasteiger partial charge in [0.15, 0.2) is 0 Å². The van der Waals surface area contributed by atoms with Crippen molar-refractivity contribution in [3.05, 3.63) is 59.5 Å². The molecule has 0 saturated carbocycles. The molecule has 0 atom stereocenters. The van der Waals surface area contributed by atoms with Crippen LogP contribution in [0.2, 0.25) is 0 Å². The Hall–Kier alpha value is -3.00. The van der Waals surface area contributed by atoms with E-state index in [0.717, 1.165) is 44.0 Å². The van der Waals surface area contributed by atoms with Crippen LogP contribution in [-0.4, -0.2) is 57.4 Å². The van der Waals surface area contributed by atoms with Crippen LogP contribution in [0.5, 0.6) is 0 Å². The van der Waals surface area contributed by atoms with Crippen molar-refractivity contribution in [3.8, 4) is 11.3 Å². The van der Waals surface area contributed by atoms with Crippen molar-refractivity contribution in [1.82, 2.24) is 24.6 Å². The summed E-state index contributed by atoms with van der Waals surface area (Å²) in [6.07, 6.45) is 6.70. The van der Waals surface area contributed by atoms with Gasteiger partial charge in [-0.1, -0.05) is 0 Å². The molecular formula is C18H20N6O2. The fraction of sp³-hybridized carbons (Fsp3) is 0.333. The largest absolute Gasteiger partial charge is 0.432 e. The average Bonchev–Trinajstić information content (AvgIpc) is 3.23. The van der Waals surface area contributed by atoms with Crippen LogP contribution in [0.15, 0.2) is 58.3 Å². The molecule has 3 aromatic rings. The van der Waals surface area contributed by atoms with E-state index >= 15 is 0 Å². The van der Waals surface area contributed by atoms with Crippen molar-refractivity contribution in [1.29, 1.82) is 0 Å². The van der Waals surface area contributed by atoms with Crippen LogP contribution in [0.25, 0.3) is 11.3 Å². The Kier molecular flexibility index (Phi) is 4.74. The monoisotopic (exact) mass is 352 g/mol. The third-order valence-electron chi connectivity index (χ3n) is 4.53. The first-order valence-corrected chi connectivity index (χ1v) is 8.65. The standard InChI is InChI=1S/C18H20N6O2/c25-17-2-1-16(15-3-5-19-6-4-15)21-24(17)13-10-22-8-11-23(12-9-22)18-20-7-14-26-18/h1-7,14H,8-13H2. The molecule has 0 spiro atoms. The first-order chi connectivity index (χ1) is 12.8. The second-order valence-corrected chi connectivity index (χ2v) is 6.16. The summed E-state index contributed by atoms with van der Waals surface area (Å²) in [4.78, 5) is 24.8. The van der Waals surface area contributed by atoms with Crippen LogP contribution in [0.1, 0.15) is 0 Å². The fourth-order valence-electron chi connectivity index (χ4n) is 3.06. The number of aromatic nitrogens is 4. The minimum Gasteiger partial charge on any atom is -0.432 e. The number of pyridine rings is 1. The van der Waals surface area contributed by atoms with Gasteiger partial charge in [0.05, 0.1) is 18.4 Å². The quantitative estimate of drug-likeness (QED) is 0.680. The molecule has 0 aromatic carbocycles. The maximum atomic E-state index is 12.1. The lowest BCUT2D eigenvalue weighted by molar-refractivity contribution is 0.239. The van der Waals surface area contributed by atoms with Crippen molar-refractivity contribution in [2.45, 2.75) is 6.54 Å². The second-order valence-electron chi connectivity index (χ2n) is 6.16. The molecule has 0 bridgehead atoms. The lowest BCUT2D eigenvalue weighted by atomic mass is 10.2. The molecule has 0 amide bonds. The van der Waals surface area contributed by atoms with Gasteiger partial charge in [0, 0.05) is 56.7 Å². The topological polar surface area (TPSA) is 80.3 Å². The molecule has 4 heterocycles. The van der Waals surface area contributed by atoms with Crippen molar-refractivity contribution in [2.75, 3.05) is 37.6 Å². The highest BCUT2D eigenvalue weighted by atomic mass is 16.4. The predicted molar refractivity (Wildman–Crippen MR) is 96.9 cm³/mol. The molecule has 0 radical (unpaired) electrons. The van der Waals surface area contributed by atoms with Gasteiger partial charge in [-0.25, -0.2) is 9.67 Å². The van der Waals surface area contributed by atoms with Gasteiger partial charge in [0.2, 0.25) is 0 Å². The molecule has 1 fully saturated rings. The summed E-state index contributed by atoms with van der Waals surface area (Å²) in [5, 5.41) is 4.50. The highest BCUT2D eigenvalue weighted by Crippen LogP contribution is 2.14. The first kappa shape index (κ1) is 16.5. The smallest absolute Gasteiger partial charge is 0.297 e. The number of piperazine rings is 1. The summed E-state index contributed by atoms with van der Waals surface area (Å²) in [5.74, 6) is 0. The molecule has 8 heteroatoms. The Morgan fingerprint density at radius 1 is 0.962 bits per heavy atom. The van der Waals surface area contributed by atoms with Crippen LogP contribution < -0.4 is 10.5 Å². The Balaban J connectivity index is 1.37. The molecule has 8 nitrogen and oxygen atoms in total. The molecule has 4 rings (SSSR count). The van der Waals surface area contributed by atoms with Crippen LogP contribution in [0.3, 0.4) is 0 Å². The van der Waals surface area contributed by atoms with Gasteiger partial charge < -0.3 is 9.32 Å². The van der Waals surface area contributed by atoms with E-state index in [9.17, 15) is 4.79 Å². The molecule has 0 N–H and O–H groups in total. The lowest BCUT2D eigenvalue weighted by Gasteiger charge is -2.33. The van der Waals surface area contributed by atoms with Crippen molar-refractivity contribution in [2.24, 2.45) is 0 Å². The SMILES string of the molecule is O=c1ccc(-c2ccncc2)nn1CCN1CCN(c2ncco2)CC1. The van der Waals surface area contributed by atoms with Crippen molar-refractivity contribution < 1.29 is 4.42 Å². The normalized spacial score (nSPS) is 15.3. The molecule has 1 aliphatic heterocycles. The van der Waals surface area contributed by atoms with E-state index in [-0.39, 0.29) is 5.56 Å². The maximum absolute atomic E-state index is 12.1. The molecule has 1 saturated heterocycles. The van der Waals surface area contributed by atoms with Crippen molar-refractivity contribution >= 4 is 6.01 Å². The summed E-state index contributed by atoms with van der Waals surface area (Å²) in [6, 6.07) is 7.78. The average molecular weight is 352 g/mol. The third kappa shape index (κ3) is 3.65. The highest BCUT2D eigenvalue weighted by molar-refractivity contribution is 5.56. The van der Waals surface area contributed by atoms with E-state index in [1.165, 1.54) is 4.68 Å². The zero-order valence-corrected chi connectivity index (χ0v) is 14.4. The van der Waals surface area contributed by atoms with Crippen LogP contribution in [-0.2, 0) is 6.54 Å². The zero-order valence-electron chi connectivity index (χ0n) is 14.4. The van der Waals surface area contributed by atoms with E-state index in [1.54, 1.807) is 37.0 Å². The van der Waals surface area contributed by atoms with Crippen molar-refractivity contribution in [3.63, 3.8) is 0 Å². The maximum Gasteiger partial charge on any atom is 0.297 e. The molecule has 3 aromatic heterocycles. The highest BCUT2D eigenvalue weighted by Gasteiger charge is 2.19. The fourth-order valence-corrected chi connectivity index (χ4v) is 3.06. The minimum atomic E-state index is -0.0822. The Morgan fingerprint density at radius 2 is 1.77 bits per heavy atom. The van der Waals surface area contributed by atoms with Gasteiger partial charge in [-0.15, -0.1) is 0 Å². The van der Waals surface area contributed by atoms with Gasteiger partial charge in [-0.2, -0.15) is 5.10 Å². The molecular weight excluding hydrogens is 332 g/mol. The van der Waals surface area contributed by atoms with Gasteiger partial charge in [-0.3, -0.25) is 14.7 Å². The summed E-state index contributed by atoms with van der Waals surface area (Å²) in [7, 11) is 0. The first-order valence-electron chi connectivity index (χ1n) is 8.65. The van der Waals surface area contributed by atoms with E-state index in [2.05, 4.69) is 24.9 Å². The summed E-state index contributed by atoms with van der Waals surface area (Å²) >= 11 is 0. The van der Waals surface area contributed by atoms with E-state index in [0.29, 0.717) is 12.6 Å². The number of hydrogen-bond acceptors (Lipinski definition) is 7. The number of oxazole rings is 1. The van der Waals surface area contributed by atoms with E-state index in [1.807, 2.05) is 12.1 Å². The predicted octanol–water partition coefficient (Wildman–Crippen LogP) is 1.12. The van der Waals surface area contributed by atoms with Crippen LogP contribution in [0, 0.1) is 0 Å². The molecule has 1 aliphatic rings. The van der Waals surface area contributed by atoms with Gasteiger partial charge in [-0.05, 0) is 18.2 Å². The minimum absolute atomic E-state index is 0.0822. The van der Waals surface area contributed by atoms with Gasteiger partial charge in [0.25, 0.3) is 11.6 Å². The Labute approximate surface area is 150 Å². The lowest BCUT2D eigenvalue weighted by Crippen LogP contribution is -2.47. The van der Waals surface area contributed by atoms with Crippen LogP contribution >= 0.6 is 0 Å². The molecule has 134 valence electrons. The Bertz CT molecular complexity index is 886. The molecule has 0 unspecified atom stereocenters. The third-order valence-corrected chi connectivity index (χ3v) is 4.53. The summed E-state index contributed by atoms with van der Waals surface area (Å²) in [6.45, 7) is 4.88. The number of hydrogen-bond donors (Lipinski definition) is 0. The number of nitrogens with zero attached hydrogens (tertiary/aromatic N) is 6. The molecule has 26 heavy (non-hydrogen) atoms. The summed E-state index contributed by atoms with van der Waals surface area (Å²) in [5.41, 5.74) is 1.65. The van der Waals surface area contributed by atoms with Gasteiger partial charge in [0.1, 0.15) is 6.26 Å².